The highest BCUT2D eigenvalue weighted by Gasteiger charge is 2.34. The smallest absolute Gasteiger partial charge is 0.277 e. The van der Waals surface area contributed by atoms with Crippen LogP contribution >= 0.6 is 11.6 Å². The van der Waals surface area contributed by atoms with Crippen molar-refractivity contribution in [1.29, 1.82) is 0 Å². The second kappa shape index (κ2) is 9.23. The van der Waals surface area contributed by atoms with Crippen LogP contribution in [0.4, 0.5) is 0 Å². The molecule has 3 atom stereocenters. The number of aryl methyl sites for hydroxylation is 1. The van der Waals surface area contributed by atoms with Gasteiger partial charge in [0, 0.05) is 10.6 Å². The number of hydrazone groups is 1. The maximum Gasteiger partial charge on any atom is 0.277 e. The van der Waals surface area contributed by atoms with Gasteiger partial charge in [0.2, 0.25) is 0 Å². The molecule has 4 N–H and O–H groups in total. The number of benzene rings is 2. The van der Waals surface area contributed by atoms with Crippen molar-refractivity contribution >= 4 is 29.1 Å². The van der Waals surface area contributed by atoms with Gasteiger partial charge in [0.15, 0.2) is 6.04 Å². The number of hydrogen-bond donors (Lipinski definition) is 4. The average molecular weight is 431 g/mol. The van der Waals surface area contributed by atoms with Crippen LogP contribution in [0.3, 0.4) is 0 Å². The molecule has 1 heterocycles. The third-order valence-corrected chi connectivity index (χ3v) is 4.61. The lowest BCUT2D eigenvalue weighted by molar-refractivity contribution is -0.118. The number of hydrogen-bond acceptors (Lipinski definition) is 7. The Bertz CT molecular complexity index is 1130. The lowest BCUT2D eigenvalue weighted by Gasteiger charge is -2.22. The van der Waals surface area contributed by atoms with Gasteiger partial charge in [-0.1, -0.05) is 29.3 Å². The number of nitrogens with one attached hydrogen (secondary N) is 1. The van der Waals surface area contributed by atoms with Crippen LogP contribution in [0.1, 0.15) is 15.9 Å². The summed E-state index contributed by atoms with van der Waals surface area (Å²) in [5, 5.41) is 34.3. The van der Waals surface area contributed by atoms with E-state index in [-0.39, 0.29) is 11.1 Å². The number of aliphatic hydroxyl groups excluding tert-OH is 3. The Hall–Kier alpha value is -2.98. The highest BCUT2D eigenvalue weighted by atomic mass is 35.5. The van der Waals surface area contributed by atoms with Crippen LogP contribution in [0.15, 0.2) is 57.6 Å². The van der Waals surface area contributed by atoms with E-state index in [1.165, 1.54) is 12.1 Å². The summed E-state index contributed by atoms with van der Waals surface area (Å²) in [7, 11) is 0. The van der Waals surface area contributed by atoms with Crippen LogP contribution in [-0.2, 0) is 4.79 Å². The lowest BCUT2D eigenvalue weighted by Crippen LogP contribution is -2.49. The molecule has 0 saturated heterocycles. The fourth-order valence-electron chi connectivity index (χ4n) is 2.81. The molecule has 30 heavy (non-hydrogen) atoms. The first-order valence-electron chi connectivity index (χ1n) is 8.97. The van der Waals surface area contributed by atoms with Gasteiger partial charge in [-0.25, -0.2) is 10.4 Å². The van der Waals surface area contributed by atoms with E-state index in [2.05, 4.69) is 20.5 Å². The predicted molar refractivity (Wildman–Crippen MR) is 108 cm³/mol. The number of carbonyl (C=O) groups is 2. The van der Waals surface area contributed by atoms with Crippen molar-refractivity contribution in [2.45, 2.75) is 25.2 Å². The van der Waals surface area contributed by atoms with E-state index < -0.39 is 36.7 Å². The molecule has 0 aliphatic carbocycles. The third-order valence-electron chi connectivity index (χ3n) is 4.37. The highest BCUT2D eigenvalue weighted by molar-refractivity contribution is 6.30. The first-order valence-corrected chi connectivity index (χ1v) is 9.35. The van der Waals surface area contributed by atoms with Crippen molar-refractivity contribution in [1.82, 2.24) is 5.43 Å². The van der Waals surface area contributed by atoms with E-state index in [9.17, 15) is 24.9 Å². The highest BCUT2D eigenvalue weighted by Crippen LogP contribution is 2.10. The zero-order chi connectivity index (χ0) is 21.8. The van der Waals surface area contributed by atoms with E-state index >= 15 is 0 Å². The lowest BCUT2D eigenvalue weighted by atomic mass is 10.0. The number of amides is 2. The molecule has 3 unspecified atom stereocenters. The quantitative estimate of drug-likeness (QED) is 0.354. The SMILES string of the molecule is Cc1cccc(C(=O)N/N=C(\C2N=c3cc(Cl)ccc3=NC2=O)C(O)C(O)CO)c1. The fraction of sp³-hybridized carbons (Fsp3) is 0.250. The van der Waals surface area contributed by atoms with Gasteiger partial charge < -0.3 is 15.3 Å². The summed E-state index contributed by atoms with van der Waals surface area (Å²) in [5.41, 5.74) is 3.06. The van der Waals surface area contributed by atoms with Gasteiger partial charge in [-0.2, -0.15) is 5.10 Å². The Kier molecular flexibility index (Phi) is 6.68. The second-order valence-electron chi connectivity index (χ2n) is 6.66. The van der Waals surface area contributed by atoms with E-state index in [0.717, 1.165) is 5.56 Å². The maximum atomic E-state index is 12.5. The Morgan fingerprint density at radius 2 is 2.00 bits per heavy atom. The minimum atomic E-state index is -1.78. The molecule has 9 nitrogen and oxygen atoms in total. The van der Waals surface area contributed by atoms with Crippen LogP contribution in [0.2, 0.25) is 5.02 Å². The third kappa shape index (κ3) is 4.77. The van der Waals surface area contributed by atoms with Gasteiger partial charge in [0.05, 0.1) is 17.3 Å². The molecule has 1 aliphatic rings. The normalized spacial score (nSPS) is 18.0. The molecule has 2 aromatic rings. The van der Waals surface area contributed by atoms with Gasteiger partial charge in [0.25, 0.3) is 11.8 Å². The second-order valence-corrected chi connectivity index (χ2v) is 7.09. The summed E-state index contributed by atoms with van der Waals surface area (Å²) in [6.45, 7) is 1.02. The van der Waals surface area contributed by atoms with Crippen LogP contribution < -0.4 is 16.1 Å². The predicted octanol–water partition coefficient (Wildman–Crippen LogP) is -0.703. The van der Waals surface area contributed by atoms with E-state index in [1.807, 2.05) is 13.0 Å². The number of nitrogens with zero attached hydrogens (tertiary/aromatic N) is 3. The molecular formula is C20H19ClN4O5. The summed E-state index contributed by atoms with van der Waals surface area (Å²) >= 11 is 5.96. The van der Waals surface area contributed by atoms with Crippen molar-refractivity contribution in [3.8, 4) is 0 Å². The molecule has 0 spiro atoms. The van der Waals surface area contributed by atoms with Gasteiger partial charge >= 0.3 is 0 Å². The van der Waals surface area contributed by atoms with Crippen molar-refractivity contribution in [2.24, 2.45) is 15.1 Å². The molecule has 1 aliphatic heterocycles. The Morgan fingerprint density at radius 3 is 2.70 bits per heavy atom. The van der Waals surface area contributed by atoms with Crippen LogP contribution in [0.25, 0.3) is 0 Å². The molecule has 0 aromatic heterocycles. The van der Waals surface area contributed by atoms with E-state index in [4.69, 9.17) is 11.6 Å². The van der Waals surface area contributed by atoms with Gasteiger partial charge in [0.1, 0.15) is 17.9 Å². The number of halogens is 1. The first kappa shape index (κ1) is 21.7. The van der Waals surface area contributed by atoms with Gasteiger partial charge in [-0.15, -0.1) is 0 Å². The molecule has 3 rings (SSSR count). The molecule has 0 fully saturated rings. The fourth-order valence-corrected chi connectivity index (χ4v) is 2.98. The molecule has 156 valence electrons. The molecule has 0 saturated carbocycles. The summed E-state index contributed by atoms with van der Waals surface area (Å²) in [5.74, 6) is -1.34. The van der Waals surface area contributed by atoms with E-state index in [0.29, 0.717) is 15.9 Å². The minimum Gasteiger partial charge on any atom is -0.394 e. The van der Waals surface area contributed by atoms with Crippen LogP contribution in [0, 0.1) is 6.92 Å². The summed E-state index contributed by atoms with van der Waals surface area (Å²) in [6.07, 6.45) is -3.43. The molecule has 0 bridgehead atoms. The van der Waals surface area contributed by atoms with Crippen molar-refractivity contribution in [3.63, 3.8) is 0 Å². The van der Waals surface area contributed by atoms with Crippen molar-refractivity contribution in [2.75, 3.05) is 6.61 Å². The molecule has 2 aromatic carbocycles. The number of carbonyl (C=O) groups excluding carboxylic acids is 2. The van der Waals surface area contributed by atoms with Crippen LogP contribution in [0.5, 0.6) is 0 Å². The Balaban J connectivity index is 1.99. The zero-order valence-electron chi connectivity index (χ0n) is 15.9. The Morgan fingerprint density at radius 1 is 1.23 bits per heavy atom. The Labute approximate surface area is 176 Å². The van der Waals surface area contributed by atoms with Crippen LogP contribution in [-0.4, -0.2) is 57.7 Å². The number of fused-ring (bicyclic) bond motifs is 1. The van der Waals surface area contributed by atoms with Gasteiger partial charge in [-0.3, -0.25) is 14.6 Å². The number of aliphatic hydroxyl groups is 3. The first-order chi connectivity index (χ1) is 14.3. The molecule has 10 heteroatoms. The number of rotatable bonds is 6. The molecular weight excluding hydrogens is 412 g/mol. The molecule has 0 radical (unpaired) electrons. The zero-order valence-corrected chi connectivity index (χ0v) is 16.6. The van der Waals surface area contributed by atoms with Crippen molar-refractivity contribution in [3.05, 3.63) is 69.3 Å². The standard InChI is InChI=1S/C20H19ClN4O5/c1-10-3-2-4-11(7-10)19(29)25-24-16(18(28)15(27)9-26)17-20(30)23-13-6-5-12(21)8-14(13)22-17/h2-8,15,17-18,26-28H,9H2,1H3,(H,25,29)/b24-16+. The minimum absolute atomic E-state index is 0.287. The van der Waals surface area contributed by atoms with Gasteiger partial charge in [-0.05, 0) is 37.3 Å². The van der Waals surface area contributed by atoms with Crippen molar-refractivity contribution < 1.29 is 24.9 Å². The average Bonchev–Trinajstić information content (AvgIpc) is 2.73. The largest absolute Gasteiger partial charge is 0.394 e. The monoisotopic (exact) mass is 430 g/mol. The topological polar surface area (TPSA) is 144 Å². The maximum absolute atomic E-state index is 12.5. The summed E-state index contributed by atoms with van der Waals surface area (Å²) < 4.78 is 0. The summed E-state index contributed by atoms with van der Waals surface area (Å²) in [6, 6.07) is 9.85. The summed E-state index contributed by atoms with van der Waals surface area (Å²) in [4.78, 5) is 33.1. The molecule has 2 amide bonds. The van der Waals surface area contributed by atoms with E-state index in [1.54, 1.807) is 24.3 Å².